The van der Waals surface area contributed by atoms with E-state index in [-0.39, 0.29) is 0 Å². The van der Waals surface area contributed by atoms with Crippen molar-refractivity contribution < 1.29 is 0 Å². The van der Waals surface area contributed by atoms with Crippen LogP contribution in [0.1, 0.15) is 16.7 Å². The van der Waals surface area contributed by atoms with Gasteiger partial charge in [0.15, 0.2) is 0 Å². The summed E-state index contributed by atoms with van der Waals surface area (Å²) in [6, 6.07) is 32.7. The van der Waals surface area contributed by atoms with Crippen LogP contribution in [0.3, 0.4) is 0 Å². The first-order valence-corrected chi connectivity index (χ1v) is 9.89. The second kappa shape index (κ2) is 8.59. The minimum Gasteiger partial charge on any atom is -0.0622 e. The Morgan fingerprint density at radius 2 is 0.870 bits per heavy atom. The molecule has 0 aliphatic carbocycles. The van der Waals surface area contributed by atoms with Crippen molar-refractivity contribution in [3.05, 3.63) is 108 Å². The Kier molecular flexibility index (Phi) is 5.94. The lowest BCUT2D eigenvalue weighted by Gasteiger charge is -2.10. The van der Waals surface area contributed by atoms with Gasteiger partial charge in [0.25, 0.3) is 0 Å². The van der Waals surface area contributed by atoms with Crippen LogP contribution in [-0.2, 0) is 28.8 Å². The Morgan fingerprint density at radius 3 is 1.30 bits per heavy atom. The number of aryl methyl sites for hydroxylation is 1. The highest BCUT2D eigenvalue weighted by Gasteiger charge is 2.19. The maximum atomic E-state index is 2.26. The second-order valence-electron chi connectivity index (χ2n) is 5.81. The molecule has 0 atom stereocenters. The number of hydrogen-bond acceptors (Lipinski definition) is 0. The minimum absolute atomic E-state index is 0.373. The Labute approximate surface area is 142 Å². The van der Waals surface area contributed by atoms with Crippen LogP contribution in [0.4, 0.5) is 0 Å². The van der Waals surface area contributed by atoms with Crippen LogP contribution in [0.25, 0.3) is 0 Å². The summed E-state index contributed by atoms with van der Waals surface area (Å²) >= 11 is 0. The third-order valence-electron chi connectivity index (χ3n) is 3.95. The molecule has 0 aromatic heterocycles. The first-order chi connectivity index (χ1) is 11.4. The van der Waals surface area contributed by atoms with Crippen LogP contribution in [0.15, 0.2) is 91.0 Å². The van der Waals surface area contributed by atoms with Gasteiger partial charge < -0.3 is 0 Å². The zero-order valence-corrected chi connectivity index (χ0v) is 14.2. The van der Waals surface area contributed by atoms with Crippen molar-refractivity contribution in [3.63, 3.8) is 0 Å². The van der Waals surface area contributed by atoms with Gasteiger partial charge in [0.1, 0.15) is 17.3 Å². The molecular weight excluding hydrogens is 296 g/mol. The summed E-state index contributed by atoms with van der Waals surface area (Å²) in [6.07, 6.45) is 1.17. The molecule has 0 fully saturated rings. The van der Waals surface area contributed by atoms with Crippen molar-refractivity contribution in [3.8, 4) is 0 Å². The van der Waals surface area contributed by atoms with E-state index in [0.29, 0.717) is 10.9 Å². The summed E-state index contributed by atoms with van der Waals surface area (Å²) in [7, 11) is 0.373. The number of rotatable bonds is 7. The Balaban J connectivity index is 1.67. The largest absolute Gasteiger partial charge is 0.133 e. The Morgan fingerprint density at radius 1 is 0.478 bits per heavy atom. The highest BCUT2D eigenvalue weighted by atomic mass is 32.2. The van der Waals surface area contributed by atoms with Crippen molar-refractivity contribution in [2.45, 2.75) is 17.9 Å². The molecule has 0 bridgehead atoms. The van der Waals surface area contributed by atoms with E-state index in [2.05, 4.69) is 91.0 Å². The summed E-state index contributed by atoms with van der Waals surface area (Å²) in [5.74, 6) is 3.62. The van der Waals surface area contributed by atoms with Crippen molar-refractivity contribution in [1.29, 1.82) is 0 Å². The predicted octanol–water partition coefficient (Wildman–Crippen LogP) is 5.25. The molecule has 116 valence electrons. The monoisotopic (exact) mass is 319 g/mol. The molecule has 0 unspecified atom stereocenters. The number of benzene rings is 3. The van der Waals surface area contributed by atoms with Crippen LogP contribution < -0.4 is 0 Å². The lowest BCUT2D eigenvalue weighted by Crippen LogP contribution is -2.15. The van der Waals surface area contributed by atoms with Crippen LogP contribution in [0.2, 0.25) is 0 Å². The summed E-state index contributed by atoms with van der Waals surface area (Å²) < 4.78 is 0. The standard InChI is InChI=1S/C22H23S/c1-4-10-20(11-5-1)16-17-23(18-21-12-6-2-7-13-21)19-22-14-8-3-9-15-22/h1-15H,16-19H2/q+1. The Bertz CT molecular complexity index is 635. The minimum atomic E-state index is 0.373. The molecule has 1 heteroatoms. The average Bonchev–Trinajstić information content (AvgIpc) is 2.62. The molecule has 0 heterocycles. The molecule has 3 aromatic carbocycles. The average molecular weight is 319 g/mol. The molecule has 0 aliphatic rings. The second-order valence-corrected chi connectivity index (χ2v) is 8.02. The van der Waals surface area contributed by atoms with E-state index in [9.17, 15) is 0 Å². The van der Waals surface area contributed by atoms with E-state index in [0.717, 1.165) is 0 Å². The van der Waals surface area contributed by atoms with Crippen LogP contribution in [0.5, 0.6) is 0 Å². The van der Waals surface area contributed by atoms with E-state index in [1.54, 1.807) is 0 Å². The smallest absolute Gasteiger partial charge is 0.0622 e. The van der Waals surface area contributed by atoms with Gasteiger partial charge in [0.2, 0.25) is 0 Å². The van der Waals surface area contributed by atoms with Crippen molar-refractivity contribution in [2.24, 2.45) is 0 Å². The van der Waals surface area contributed by atoms with Gasteiger partial charge in [0.05, 0.1) is 0 Å². The zero-order valence-electron chi connectivity index (χ0n) is 13.4. The number of hydrogen-bond donors (Lipinski definition) is 0. The molecule has 3 aromatic rings. The first-order valence-electron chi connectivity index (χ1n) is 8.16. The molecule has 0 spiro atoms. The molecule has 0 nitrogen and oxygen atoms in total. The molecule has 3 rings (SSSR count). The molecule has 0 saturated heterocycles. The molecule has 0 saturated carbocycles. The van der Waals surface area contributed by atoms with Crippen molar-refractivity contribution >= 4 is 10.9 Å². The Hall–Kier alpha value is -1.99. The van der Waals surface area contributed by atoms with Crippen LogP contribution in [-0.4, -0.2) is 5.75 Å². The van der Waals surface area contributed by atoms with Gasteiger partial charge in [-0.05, 0) is 16.5 Å². The van der Waals surface area contributed by atoms with Gasteiger partial charge >= 0.3 is 0 Å². The van der Waals surface area contributed by atoms with Gasteiger partial charge in [0, 0.05) is 17.5 Å². The van der Waals surface area contributed by atoms with E-state index < -0.39 is 0 Å². The fourth-order valence-corrected chi connectivity index (χ4v) is 4.96. The maximum Gasteiger partial charge on any atom is 0.133 e. The highest BCUT2D eigenvalue weighted by Crippen LogP contribution is 2.17. The van der Waals surface area contributed by atoms with Crippen molar-refractivity contribution in [2.75, 3.05) is 5.75 Å². The molecule has 0 N–H and O–H groups in total. The predicted molar refractivity (Wildman–Crippen MR) is 103 cm³/mol. The SMILES string of the molecule is c1ccc(CC[S+](Cc2ccccc2)Cc2ccccc2)cc1. The first kappa shape index (κ1) is 15.9. The van der Waals surface area contributed by atoms with Gasteiger partial charge in [-0.3, -0.25) is 0 Å². The quantitative estimate of drug-likeness (QED) is 0.522. The van der Waals surface area contributed by atoms with Crippen LogP contribution >= 0.6 is 0 Å². The van der Waals surface area contributed by atoms with Crippen molar-refractivity contribution in [1.82, 2.24) is 0 Å². The molecule has 23 heavy (non-hydrogen) atoms. The topological polar surface area (TPSA) is 0 Å². The molecular formula is C22H23S+. The highest BCUT2D eigenvalue weighted by molar-refractivity contribution is 7.95. The third kappa shape index (κ3) is 5.30. The summed E-state index contributed by atoms with van der Waals surface area (Å²) in [6.45, 7) is 0. The normalized spacial score (nSPS) is 10.8. The van der Waals surface area contributed by atoms with E-state index >= 15 is 0 Å². The maximum absolute atomic E-state index is 2.26. The van der Waals surface area contributed by atoms with Crippen LogP contribution in [0, 0.1) is 0 Å². The molecule has 0 amide bonds. The summed E-state index contributed by atoms with van der Waals surface area (Å²) in [5, 5.41) is 0. The lowest BCUT2D eigenvalue weighted by molar-refractivity contribution is 1.13. The van der Waals surface area contributed by atoms with Gasteiger partial charge in [-0.1, -0.05) is 91.0 Å². The third-order valence-corrected chi connectivity index (χ3v) is 6.21. The summed E-state index contributed by atoms with van der Waals surface area (Å²) in [5.41, 5.74) is 4.37. The van der Waals surface area contributed by atoms with Gasteiger partial charge in [-0.2, -0.15) is 0 Å². The van der Waals surface area contributed by atoms with Gasteiger partial charge in [-0.15, -0.1) is 0 Å². The zero-order chi connectivity index (χ0) is 15.7. The van der Waals surface area contributed by atoms with Gasteiger partial charge in [-0.25, -0.2) is 0 Å². The summed E-state index contributed by atoms with van der Waals surface area (Å²) in [4.78, 5) is 0. The van der Waals surface area contributed by atoms with E-state index in [1.807, 2.05) is 0 Å². The van der Waals surface area contributed by atoms with E-state index in [4.69, 9.17) is 0 Å². The fraction of sp³-hybridized carbons (Fsp3) is 0.182. The molecule has 0 aliphatic heterocycles. The molecule has 0 radical (unpaired) electrons. The lowest BCUT2D eigenvalue weighted by atomic mass is 10.2. The fourth-order valence-electron chi connectivity index (χ4n) is 2.72. The van der Waals surface area contributed by atoms with E-state index in [1.165, 1.54) is 40.4 Å².